The van der Waals surface area contributed by atoms with Crippen LogP contribution in [0.2, 0.25) is 5.02 Å². The van der Waals surface area contributed by atoms with Gasteiger partial charge in [0, 0.05) is 18.7 Å². The fraction of sp³-hybridized carbons (Fsp3) is 0.111. The minimum Gasteiger partial charge on any atom is -0.435 e. The number of ether oxygens (including phenoxy) is 1. The molecule has 8 nitrogen and oxygen atoms in total. The molecule has 1 aromatic heterocycles. The maximum Gasteiger partial charge on any atom is 0.387 e. The third-order valence-electron chi connectivity index (χ3n) is 3.83. The molecule has 2 aromatic carbocycles. The van der Waals surface area contributed by atoms with Crippen molar-refractivity contribution in [3.63, 3.8) is 0 Å². The van der Waals surface area contributed by atoms with E-state index in [4.69, 9.17) is 11.6 Å². The number of nitro benzene ring substituents is 1. The highest BCUT2D eigenvalue weighted by molar-refractivity contribution is 6.32. The second kappa shape index (κ2) is 8.65. The number of benzene rings is 2. The van der Waals surface area contributed by atoms with E-state index in [9.17, 15) is 23.7 Å². The first-order valence-corrected chi connectivity index (χ1v) is 8.53. The van der Waals surface area contributed by atoms with Crippen molar-refractivity contribution >= 4 is 23.0 Å². The first kappa shape index (κ1) is 20.2. The summed E-state index contributed by atoms with van der Waals surface area (Å²) in [5, 5.41) is 17.5. The third kappa shape index (κ3) is 4.85. The van der Waals surface area contributed by atoms with Crippen molar-refractivity contribution in [2.45, 2.75) is 13.2 Å². The molecule has 0 aliphatic rings. The average Bonchev–Trinajstić information content (AvgIpc) is 2.69. The highest BCUT2D eigenvalue weighted by atomic mass is 35.5. The van der Waals surface area contributed by atoms with Gasteiger partial charge in [0.2, 0.25) is 0 Å². The second-order valence-corrected chi connectivity index (χ2v) is 6.12. The van der Waals surface area contributed by atoms with Crippen molar-refractivity contribution < 1.29 is 18.4 Å². The van der Waals surface area contributed by atoms with Crippen LogP contribution in [0.15, 0.2) is 59.5 Å². The fourth-order valence-electron chi connectivity index (χ4n) is 2.48. The van der Waals surface area contributed by atoms with Gasteiger partial charge in [-0.2, -0.15) is 18.6 Å². The molecule has 0 unspecified atom stereocenters. The van der Waals surface area contributed by atoms with Gasteiger partial charge in [-0.05, 0) is 29.8 Å². The molecule has 0 saturated heterocycles. The Kier molecular flexibility index (Phi) is 6.03. The van der Waals surface area contributed by atoms with Gasteiger partial charge in [0.1, 0.15) is 10.8 Å². The average molecular weight is 423 g/mol. The number of non-ortho nitro benzene ring substituents is 1. The predicted molar refractivity (Wildman–Crippen MR) is 102 cm³/mol. The van der Waals surface area contributed by atoms with Crippen LogP contribution < -0.4 is 15.6 Å². The number of alkyl halides is 2. The van der Waals surface area contributed by atoms with E-state index in [0.29, 0.717) is 11.3 Å². The van der Waals surface area contributed by atoms with Crippen LogP contribution in [0.1, 0.15) is 5.56 Å². The second-order valence-electron chi connectivity index (χ2n) is 5.74. The van der Waals surface area contributed by atoms with Crippen LogP contribution in [0.3, 0.4) is 0 Å². The number of anilines is 1. The summed E-state index contributed by atoms with van der Waals surface area (Å²) >= 11 is 6.13. The van der Waals surface area contributed by atoms with Crippen molar-refractivity contribution in [1.29, 1.82) is 0 Å². The van der Waals surface area contributed by atoms with Gasteiger partial charge in [0.05, 0.1) is 22.5 Å². The summed E-state index contributed by atoms with van der Waals surface area (Å²) in [7, 11) is 0. The van der Waals surface area contributed by atoms with Crippen molar-refractivity contribution in [2.24, 2.45) is 0 Å². The SMILES string of the molecule is O=c1c(Cl)c(NCc2cccc(OC(F)F)c2)cnn1-c1ccc([N+](=O)[O-])cc1. The van der Waals surface area contributed by atoms with Crippen LogP contribution in [0.5, 0.6) is 5.75 Å². The predicted octanol–water partition coefficient (Wildman–Crippen LogP) is 4.01. The molecule has 3 aromatic rings. The number of nitrogens with zero attached hydrogens (tertiary/aromatic N) is 3. The molecular formula is C18H13ClF2N4O4. The van der Waals surface area contributed by atoms with Crippen LogP contribution in [0.4, 0.5) is 20.2 Å². The Balaban J connectivity index is 1.78. The number of aromatic nitrogens is 2. The molecule has 0 amide bonds. The molecule has 29 heavy (non-hydrogen) atoms. The molecule has 3 rings (SSSR count). The molecule has 0 atom stereocenters. The molecule has 1 heterocycles. The lowest BCUT2D eigenvalue weighted by molar-refractivity contribution is -0.384. The van der Waals surface area contributed by atoms with Crippen LogP contribution in [-0.2, 0) is 6.54 Å². The number of rotatable bonds is 7. The van der Waals surface area contributed by atoms with E-state index in [-0.39, 0.29) is 28.7 Å². The highest BCUT2D eigenvalue weighted by Gasteiger charge is 2.12. The number of hydrogen-bond acceptors (Lipinski definition) is 6. The lowest BCUT2D eigenvalue weighted by atomic mass is 10.2. The van der Waals surface area contributed by atoms with Crippen molar-refractivity contribution in [3.8, 4) is 11.4 Å². The van der Waals surface area contributed by atoms with E-state index < -0.39 is 17.1 Å². The molecule has 0 fully saturated rings. The minimum absolute atomic E-state index is 0.0112. The van der Waals surface area contributed by atoms with Gasteiger partial charge in [0.25, 0.3) is 11.2 Å². The van der Waals surface area contributed by atoms with E-state index in [1.807, 2.05) is 0 Å². The zero-order chi connectivity index (χ0) is 21.0. The van der Waals surface area contributed by atoms with Gasteiger partial charge in [-0.3, -0.25) is 14.9 Å². The Bertz CT molecular complexity index is 1090. The Morgan fingerprint density at radius 3 is 2.62 bits per heavy atom. The molecular weight excluding hydrogens is 410 g/mol. The first-order chi connectivity index (χ1) is 13.8. The van der Waals surface area contributed by atoms with Crippen molar-refractivity contribution in [3.05, 3.63) is 85.8 Å². The Labute approximate surface area is 167 Å². The summed E-state index contributed by atoms with van der Waals surface area (Å²) in [5.74, 6) is 0.0112. The molecule has 0 spiro atoms. The lowest BCUT2D eigenvalue weighted by Gasteiger charge is -2.11. The number of hydrogen-bond donors (Lipinski definition) is 1. The molecule has 11 heteroatoms. The Morgan fingerprint density at radius 1 is 1.24 bits per heavy atom. The Morgan fingerprint density at radius 2 is 1.97 bits per heavy atom. The molecule has 0 aliphatic carbocycles. The first-order valence-electron chi connectivity index (χ1n) is 8.15. The van der Waals surface area contributed by atoms with Crippen LogP contribution in [0.25, 0.3) is 5.69 Å². The molecule has 1 N–H and O–H groups in total. The monoisotopic (exact) mass is 422 g/mol. The molecule has 0 saturated carbocycles. The Hall–Kier alpha value is -3.53. The zero-order valence-corrected chi connectivity index (χ0v) is 15.3. The van der Waals surface area contributed by atoms with Crippen molar-refractivity contribution in [1.82, 2.24) is 9.78 Å². The zero-order valence-electron chi connectivity index (χ0n) is 14.6. The van der Waals surface area contributed by atoms with Gasteiger partial charge in [-0.25, -0.2) is 0 Å². The van der Waals surface area contributed by atoms with Crippen molar-refractivity contribution in [2.75, 3.05) is 5.32 Å². The summed E-state index contributed by atoms with van der Waals surface area (Å²) in [4.78, 5) is 22.7. The van der Waals surface area contributed by atoms with Gasteiger partial charge in [-0.15, -0.1) is 0 Å². The normalized spacial score (nSPS) is 10.8. The molecule has 0 radical (unpaired) electrons. The largest absolute Gasteiger partial charge is 0.435 e. The summed E-state index contributed by atoms with van der Waals surface area (Å²) in [6, 6.07) is 11.3. The quantitative estimate of drug-likeness (QED) is 0.456. The lowest BCUT2D eigenvalue weighted by Crippen LogP contribution is -2.22. The van der Waals surface area contributed by atoms with E-state index in [2.05, 4.69) is 15.2 Å². The summed E-state index contributed by atoms with van der Waals surface area (Å²) < 4.78 is 30.0. The number of nitro groups is 1. The van der Waals surface area contributed by atoms with E-state index in [1.54, 1.807) is 12.1 Å². The van der Waals surface area contributed by atoms with Gasteiger partial charge in [-0.1, -0.05) is 23.7 Å². The molecule has 150 valence electrons. The van der Waals surface area contributed by atoms with Crippen LogP contribution >= 0.6 is 11.6 Å². The van der Waals surface area contributed by atoms with Gasteiger partial charge in [0.15, 0.2) is 0 Å². The standard InChI is InChI=1S/C18H13ClF2N4O4/c19-16-15(22-9-11-2-1-3-14(8-11)29-18(20)21)10-23-24(17(16)26)12-4-6-13(7-5-12)25(27)28/h1-8,10,18,22H,9H2. The maximum absolute atomic E-state index is 12.5. The van der Waals surface area contributed by atoms with E-state index >= 15 is 0 Å². The van der Waals surface area contributed by atoms with E-state index in [0.717, 1.165) is 4.68 Å². The van der Waals surface area contributed by atoms with Crippen LogP contribution in [0, 0.1) is 10.1 Å². The van der Waals surface area contributed by atoms with Crippen LogP contribution in [-0.4, -0.2) is 21.3 Å². The van der Waals surface area contributed by atoms with Gasteiger partial charge < -0.3 is 10.1 Å². The minimum atomic E-state index is -2.93. The summed E-state index contributed by atoms with van der Waals surface area (Å²) in [6.45, 7) is -2.74. The van der Waals surface area contributed by atoms with E-state index in [1.165, 1.54) is 42.6 Å². The van der Waals surface area contributed by atoms with Gasteiger partial charge >= 0.3 is 6.61 Å². The fourth-order valence-corrected chi connectivity index (χ4v) is 2.68. The highest BCUT2D eigenvalue weighted by Crippen LogP contribution is 2.21. The topological polar surface area (TPSA) is 99.3 Å². The summed E-state index contributed by atoms with van der Waals surface area (Å²) in [6.07, 6.45) is 1.32. The smallest absolute Gasteiger partial charge is 0.387 e. The number of halogens is 3. The number of nitrogens with one attached hydrogen (secondary N) is 1. The maximum atomic E-state index is 12.5. The third-order valence-corrected chi connectivity index (χ3v) is 4.20. The molecule has 0 bridgehead atoms. The molecule has 0 aliphatic heterocycles. The summed E-state index contributed by atoms with van der Waals surface area (Å²) in [5.41, 5.74) is 0.434.